The molecule has 0 N–H and O–H groups in total. The van der Waals surface area contributed by atoms with Crippen molar-refractivity contribution >= 4 is 17.3 Å². The summed E-state index contributed by atoms with van der Waals surface area (Å²) in [5, 5.41) is 12.6. The number of alkyl halides is 3. The van der Waals surface area contributed by atoms with Crippen molar-refractivity contribution in [3.63, 3.8) is 0 Å². The molecule has 0 aliphatic heterocycles. The number of nitrogens with zero attached hydrogens (tertiary/aromatic N) is 1. The fourth-order valence-electron chi connectivity index (χ4n) is 4.50. The molecule has 4 nitrogen and oxygen atoms in total. The zero-order valence-electron chi connectivity index (χ0n) is 18.3. The number of carbonyl (C=O) groups is 2. The summed E-state index contributed by atoms with van der Waals surface area (Å²) in [7, 11) is 1.13. The molecule has 0 fully saturated rings. The van der Waals surface area contributed by atoms with Gasteiger partial charge >= 0.3 is 6.18 Å². The lowest BCUT2D eigenvalue weighted by atomic mass is 9.76. The summed E-state index contributed by atoms with van der Waals surface area (Å²) in [6.07, 6.45) is -4.06. The average molecular weight is 452 g/mol. The molecule has 3 aromatic carbocycles. The molecule has 0 amide bonds. The summed E-state index contributed by atoms with van der Waals surface area (Å²) >= 11 is 0. The van der Waals surface area contributed by atoms with Crippen molar-refractivity contribution in [3.8, 4) is 0 Å². The van der Waals surface area contributed by atoms with Crippen molar-refractivity contribution in [2.75, 3.05) is 12.1 Å². The molecule has 0 bridgehead atoms. The van der Waals surface area contributed by atoms with E-state index in [1.807, 2.05) is 6.92 Å². The van der Waals surface area contributed by atoms with Crippen LogP contribution in [0.1, 0.15) is 73.9 Å². The van der Waals surface area contributed by atoms with Crippen LogP contribution < -0.4 is 5.06 Å². The minimum Gasteiger partial charge on any atom is -0.758 e. The van der Waals surface area contributed by atoms with Crippen LogP contribution in [0.2, 0.25) is 0 Å². The number of hydrogen-bond acceptors (Lipinski definition) is 4. The summed E-state index contributed by atoms with van der Waals surface area (Å²) in [6.45, 7) is 3.60. The quantitative estimate of drug-likeness (QED) is 0.350. The number of benzene rings is 3. The second-order valence-electron chi connectivity index (χ2n) is 8.11. The highest BCUT2D eigenvalue weighted by Gasteiger charge is 2.35. The SMILES string of the molecule is CCc1ccc(C(C)c2ccc(C(F)(F)F)cc2N(C)[O-])c2c1C(=O)c1ccccc1C2=O. The number of anilines is 1. The van der Waals surface area contributed by atoms with Crippen LogP contribution in [-0.2, 0) is 12.6 Å². The molecule has 1 atom stereocenters. The van der Waals surface area contributed by atoms with Crippen LogP contribution in [0.3, 0.4) is 0 Å². The highest BCUT2D eigenvalue weighted by Crippen LogP contribution is 2.41. The summed E-state index contributed by atoms with van der Waals surface area (Å²) in [5.74, 6) is -1.17. The Morgan fingerprint density at radius 1 is 0.909 bits per heavy atom. The van der Waals surface area contributed by atoms with Gasteiger partial charge in [-0.15, -0.1) is 0 Å². The fourth-order valence-corrected chi connectivity index (χ4v) is 4.50. The molecule has 1 unspecified atom stereocenters. The maximum atomic E-state index is 13.5. The molecule has 7 heteroatoms. The minimum absolute atomic E-state index is 0.138. The van der Waals surface area contributed by atoms with Crippen molar-refractivity contribution in [2.24, 2.45) is 0 Å². The van der Waals surface area contributed by atoms with Gasteiger partial charge in [0.25, 0.3) is 0 Å². The Morgan fingerprint density at radius 2 is 1.48 bits per heavy atom. The smallest absolute Gasteiger partial charge is 0.416 e. The van der Waals surface area contributed by atoms with Gasteiger partial charge in [0.05, 0.1) is 5.56 Å². The molecule has 3 aromatic rings. The van der Waals surface area contributed by atoms with E-state index in [2.05, 4.69) is 0 Å². The Balaban J connectivity index is 1.94. The number of aryl methyl sites for hydroxylation is 1. The maximum Gasteiger partial charge on any atom is 0.416 e. The third-order valence-corrected chi connectivity index (χ3v) is 6.21. The highest BCUT2D eigenvalue weighted by molar-refractivity contribution is 6.29. The summed E-state index contributed by atoms with van der Waals surface area (Å²) in [4.78, 5) is 26.8. The number of ketones is 2. The first-order valence-corrected chi connectivity index (χ1v) is 10.5. The fraction of sp³-hybridized carbons (Fsp3) is 0.231. The molecular weight excluding hydrogens is 431 g/mol. The summed E-state index contributed by atoms with van der Waals surface area (Å²) in [5.41, 5.74) is 1.71. The molecular formula is C26H21F3NO3-. The third kappa shape index (κ3) is 3.72. The van der Waals surface area contributed by atoms with E-state index in [-0.39, 0.29) is 22.8 Å². The highest BCUT2D eigenvalue weighted by atomic mass is 19.4. The van der Waals surface area contributed by atoms with E-state index in [1.54, 1.807) is 43.3 Å². The zero-order chi connectivity index (χ0) is 24.1. The molecule has 0 aromatic heterocycles. The predicted octanol–water partition coefficient (Wildman–Crippen LogP) is 6.13. The van der Waals surface area contributed by atoms with E-state index in [0.29, 0.717) is 39.3 Å². The molecule has 170 valence electrons. The van der Waals surface area contributed by atoms with Gasteiger partial charge in [-0.25, -0.2) is 0 Å². The number of hydrogen-bond donors (Lipinski definition) is 0. The minimum atomic E-state index is -4.60. The van der Waals surface area contributed by atoms with Crippen LogP contribution in [-0.4, -0.2) is 18.6 Å². The van der Waals surface area contributed by atoms with Crippen LogP contribution in [0.4, 0.5) is 18.9 Å². The van der Waals surface area contributed by atoms with Crippen LogP contribution in [0.25, 0.3) is 0 Å². The first-order valence-electron chi connectivity index (χ1n) is 10.5. The molecule has 4 rings (SSSR count). The van der Waals surface area contributed by atoms with Gasteiger partial charge in [-0.2, -0.15) is 13.2 Å². The molecule has 33 heavy (non-hydrogen) atoms. The van der Waals surface area contributed by atoms with E-state index in [1.165, 1.54) is 6.07 Å². The van der Waals surface area contributed by atoms with E-state index in [9.17, 15) is 28.0 Å². The van der Waals surface area contributed by atoms with E-state index < -0.39 is 17.7 Å². The molecule has 0 spiro atoms. The van der Waals surface area contributed by atoms with E-state index >= 15 is 0 Å². The van der Waals surface area contributed by atoms with Crippen LogP contribution in [0.5, 0.6) is 0 Å². The normalized spacial score (nSPS) is 14.0. The second-order valence-corrected chi connectivity index (χ2v) is 8.11. The lowest BCUT2D eigenvalue weighted by Gasteiger charge is -2.32. The number of rotatable bonds is 4. The number of halogens is 3. The van der Waals surface area contributed by atoms with Crippen LogP contribution >= 0.6 is 0 Å². The molecule has 0 saturated carbocycles. The Hall–Kier alpha value is -3.45. The number of fused-ring (bicyclic) bond motifs is 2. The number of hydroxylamine groups is 1. The zero-order valence-corrected chi connectivity index (χ0v) is 18.3. The van der Waals surface area contributed by atoms with E-state index in [0.717, 1.165) is 24.7 Å². The topological polar surface area (TPSA) is 60.4 Å². The summed E-state index contributed by atoms with van der Waals surface area (Å²) < 4.78 is 39.7. The Morgan fingerprint density at radius 3 is 2.03 bits per heavy atom. The van der Waals surface area contributed by atoms with Gasteiger partial charge in [-0.05, 0) is 42.3 Å². The molecule has 0 saturated heterocycles. The van der Waals surface area contributed by atoms with Gasteiger partial charge in [0, 0.05) is 33.9 Å². The Kier molecular flexibility index (Phi) is 5.62. The summed E-state index contributed by atoms with van der Waals surface area (Å²) in [6, 6.07) is 13.1. The van der Waals surface area contributed by atoms with Crippen molar-refractivity contribution in [2.45, 2.75) is 32.4 Å². The van der Waals surface area contributed by atoms with Gasteiger partial charge < -0.3 is 10.3 Å². The van der Waals surface area contributed by atoms with Crippen molar-refractivity contribution in [1.29, 1.82) is 0 Å². The van der Waals surface area contributed by atoms with Crippen molar-refractivity contribution < 1.29 is 22.8 Å². The van der Waals surface area contributed by atoms with Crippen molar-refractivity contribution in [3.05, 3.63) is 104 Å². The van der Waals surface area contributed by atoms with E-state index in [4.69, 9.17) is 0 Å². The second kappa shape index (κ2) is 8.15. The number of carbonyl (C=O) groups excluding carboxylic acids is 2. The van der Waals surface area contributed by atoms with Gasteiger partial charge in [0.1, 0.15) is 0 Å². The third-order valence-electron chi connectivity index (χ3n) is 6.21. The van der Waals surface area contributed by atoms with Gasteiger partial charge in [0.15, 0.2) is 11.6 Å². The lowest BCUT2D eigenvalue weighted by Crippen LogP contribution is -2.25. The molecule has 1 aliphatic carbocycles. The molecule has 0 radical (unpaired) electrons. The van der Waals surface area contributed by atoms with Gasteiger partial charge in [-0.1, -0.05) is 56.3 Å². The largest absolute Gasteiger partial charge is 0.758 e. The Labute approximate surface area is 189 Å². The first kappa shape index (κ1) is 22.7. The maximum absolute atomic E-state index is 13.5. The first-order chi connectivity index (χ1) is 15.6. The van der Waals surface area contributed by atoms with Gasteiger partial charge in [-0.3, -0.25) is 9.59 Å². The van der Waals surface area contributed by atoms with Crippen LogP contribution in [0, 0.1) is 5.21 Å². The van der Waals surface area contributed by atoms with Crippen molar-refractivity contribution in [1.82, 2.24) is 0 Å². The monoisotopic (exact) mass is 452 g/mol. The standard InChI is InChI=1S/C26H21F3NO3/c1-4-15-9-11-18(23-22(15)24(31)19-7-5-6-8-20(19)25(23)32)14(2)17-12-10-16(26(27,28)29)13-21(17)30(3)33/h5-14H,4H2,1-3H3/q-1. The molecule has 0 heterocycles. The predicted molar refractivity (Wildman–Crippen MR) is 120 cm³/mol. The lowest BCUT2D eigenvalue weighted by molar-refractivity contribution is -0.137. The Bertz CT molecular complexity index is 1280. The average Bonchev–Trinajstić information content (AvgIpc) is 2.80. The van der Waals surface area contributed by atoms with Crippen LogP contribution in [0.15, 0.2) is 54.6 Å². The molecule has 1 aliphatic rings. The van der Waals surface area contributed by atoms with Gasteiger partial charge in [0.2, 0.25) is 0 Å².